The SMILES string of the molecule is Cc1nc(Cl)nc2c1NC(=O)[C@@](C)(CCO)N2C. The lowest BCUT2D eigenvalue weighted by Gasteiger charge is -2.42. The maximum Gasteiger partial charge on any atom is 0.250 e. The Morgan fingerprint density at radius 2 is 2.17 bits per heavy atom. The summed E-state index contributed by atoms with van der Waals surface area (Å²) in [6.45, 7) is 3.43. The summed E-state index contributed by atoms with van der Waals surface area (Å²) in [6.07, 6.45) is 0.315. The fraction of sp³-hybridized carbons (Fsp3) is 0.545. The van der Waals surface area contributed by atoms with E-state index in [1.165, 1.54) is 0 Å². The van der Waals surface area contributed by atoms with Crippen molar-refractivity contribution in [3.05, 3.63) is 11.0 Å². The zero-order chi connectivity index (χ0) is 13.5. The van der Waals surface area contributed by atoms with Crippen LogP contribution < -0.4 is 10.2 Å². The van der Waals surface area contributed by atoms with Crippen molar-refractivity contribution in [3.8, 4) is 0 Å². The zero-order valence-electron chi connectivity index (χ0n) is 10.5. The predicted octanol–water partition coefficient (Wildman–Crippen LogP) is 0.968. The number of aliphatic hydroxyl groups is 1. The first-order chi connectivity index (χ1) is 8.40. The molecular formula is C11H15ClN4O2. The summed E-state index contributed by atoms with van der Waals surface area (Å²) in [6, 6.07) is 0. The van der Waals surface area contributed by atoms with Crippen molar-refractivity contribution in [2.24, 2.45) is 0 Å². The first-order valence-corrected chi connectivity index (χ1v) is 5.98. The molecule has 1 aliphatic rings. The second kappa shape index (κ2) is 4.37. The summed E-state index contributed by atoms with van der Waals surface area (Å²) < 4.78 is 0. The van der Waals surface area contributed by atoms with Gasteiger partial charge in [-0.2, -0.15) is 4.98 Å². The van der Waals surface area contributed by atoms with Crippen molar-refractivity contribution in [2.45, 2.75) is 25.8 Å². The summed E-state index contributed by atoms with van der Waals surface area (Å²) in [4.78, 5) is 22.1. The normalized spacial score (nSPS) is 22.7. The fourth-order valence-corrected chi connectivity index (χ4v) is 2.25. The molecule has 0 aromatic carbocycles. The molecule has 1 aromatic heterocycles. The molecule has 0 saturated carbocycles. The maximum absolute atomic E-state index is 12.2. The van der Waals surface area contributed by atoms with Crippen LogP contribution in [-0.4, -0.2) is 40.2 Å². The van der Waals surface area contributed by atoms with Crippen LogP contribution in [-0.2, 0) is 4.79 Å². The number of fused-ring (bicyclic) bond motifs is 1. The molecule has 6 nitrogen and oxygen atoms in total. The lowest BCUT2D eigenvalue weighted by Crippen LogP contribution is -2.57. The number of nitrogens with zero attached hydrogens (tertiary/aromatic N) is 3. The summed E-state index contributed by atoms with van der Waals surface area (Å²) in [5.74, 6) is 0.392. The summed E-state index contributed by atoms with van der Waals surface area (Å²) in [7, 11) is 1.76. The van der Waals surface area contributed by atoms with Gasteiger partial charge in [-0.1, -0.05) is 0 Å². The molecule has 0 saturated heterocycles. The van der Waals surface area contributed by atoms with Crippen LogP contribution in [0.25, 0.3) is 0 Å². The third-order valence-corrected chi connectivity index (χ3v) is 3.60. The zero-order valence-corrected chi connectivity index (χ0v) is 11.2. The van der Waals surface area contributed by atoms with Crippen LogP contribution in [0, 0.1) is 6.92 Å². The number of nitrogens with one attached hydrogen (secondary N) is 1. The fourth-order valence-electron chi connectivity index (χ4n) is 2.05. The number of amides is 1. The van der Waals surface area contributed by atoms with Gasteiger partial charge < -0.3 is 15.3 Å². The Kier molecular flexibility index (Phi) is 3.16. The number of aryl methyl sites for hydroxylation is 1. The number of carbonyl (C=O) groups excluding carboxylic acids is 1. The van der Waals surface area contributed by atoms with Gasteiger partial charge in [0.1, 0.15) is 11.2 Å². The van der Waals surface area contributed by atoms with Gasteiger partial charge in [0, 0.05) is 20.1 Å². The van der Waals surface area contributed by atoms with E-state index in [1.54, 1.807) is 25.8 Å². The molecule has 1 atom stereocenters. The van der Waals surface area contributed by atoms with Gasteiger partial charge in [-0.25, -0.2) is 4.98 Å². The van der Waals surface area contributed by atoms with Crippen LogP contribution >= 0.6 is 11.6 Å². The highest BCUT2D eigenvalue weighted by Crippen LogP contribution is 2.37. The van der Waals surface area contributed by atoms with Gasteiger partial charge in [0.25, 0.3) is 0 Å². The van der Waals surface area contributed by atoms with Crippen LogP contribution in [0.3, 0.4) is 0 Å². The lowest BCUT2D eigenvalue weighted by molar-refractivity contribution is -0.121. The van der Waals surface area contributed by atoms with Crippen LogP contribution in [0.5, 0.6) is 0 Å². The Hall–Kier alpha value is -1.40. The molecule has 98 valence electrons. The molecular weight excluding hydrogens is 256 g/mol. The van der Waals surface area contributed by atoms with Gasteiger partial charge in [0.2, 0.25) is 11.2 Å². The minimum absolute atomic E-state index is 0.0820. The molecule has 2 heterocycles. The minimum atomic E-state index is -0.841. The van der Waals surface area contributed by atoms with E-state index in [1.807, 2.05) is 0 Å². The van der Waals surface area contributed by atoms with Gasteiger partial charge in [-0.3, -0.25) is 4.79 Å². The Morgan fingerprint density at radius 3 is 2.78 bits per heavy atom. The molecule has 0 radical (unpaired) electrons. The monoisotopic (exact) mass is 270 g/mol. The van der Waals surface area contributed by atoms with Crippen LogP contribution in [0.2, 0.25) is 5.28 Å². The van der Waals surface area contributed by atoms with Crippen molar-refractivity contribution < 1.29 is 9.90 Å². The number of anilines is 2. The molecule has 2 N–H and O–H groups in total. The number of carbonyl (C=O) groups is 1. The van der Waals surface area contributed by atoms with Crippen molar-refractivity contribution >= 4 is 29.0 Å². The topological polar surface area (TPSA) is 78.3 Å². The number of rotatable bonds is 2. The van der Waals surface area contributed by atoms with Crippen LogP contribution in [0.4, 0.5) is 11.5 Å². The molecule has 0 unspecified atom stereocenters. The van der Waals surface area contributed by atoms with E-state index < -0.39 is 5.54 Å². The quantitative estimate of drug-likeness (QED) is 0.783. The average molecular weight is 271 g/mol. The van der Waals surface area contributed by atoms with Crippen LogP contribution in [0.1, 0.15) is 19.0 Å². The Balaban J connectivity index is 2.56. The van der Waals surface area contributed by atoms with Crippen molar-refractivity contribution in [3.63, 3.8) is 0 Å². The number of likely N-dealkylation sites (N-methyl/N-ethyl adjacent to an activating group) is 1. The molecule has 0 bridgehead atoms. The standard InChI is InChI=1S/C11H15ClN4O2/c1-6-7-8(15-10(12)13-6)16(3)11(2,4-5-17)9(18)14-7/h17H,4-5H2,1-3H3,(H,14,18)/t11-/m1/s1. The smallest absolute Gasteiger partial charge is 0.250 e. The number of aromatic nitrogens is 2. The number of aliphatic hydroxyl groups excluding tert-OH is 1. The van der Waals surface area contributed by atoms with E-state index in [4.69, 9.17) is 16.7 Å². The summed E-state index contributed by atoms with van der Waals surface area (Å²) in [5, 5.41) is 12.0. The molecule has 2 rings (SSSR count). The maximum atomic E-state index is 12.2. The second-order valence-corrected chi connectivity index (χ2v) is 4.88. The van der Waals surface area contributed by atoms with Crippen LogP contribution in [0.15, 0.2) is 0 Å². The molecule has 7 heteroatoms. The first kappa shape index (κ1) is 13.0. The number of hydrogen-bond donors (Lipinski definition) is 2. The van der Waals surface area contributed by atoms with E-state index in [0.29, 0.717) is 23.6 Å². The molecule has 1 amide bonds. The molecule has 0 aliphatic carbocycles. The van der Waals surface area contributed by atoms with E-state index in [-0.39, 0.29) is 17.8 Å². The highest BCUT2D eigenvalue weighted by molar-refractivity contribution is 6.28. The molecule has 1 aromatic rings. The summed E-state index contributed by atoms with van der Waals surface area (Å²) >= 11 is 5.84. The van der Waals surface area contributed by atoms with E-state index >= 15 is 0 Å². The van der Waals surface area contributed by atoms with E-state index in [9.17, 15) is 4.79 Å². The van der Waals surface area contributed by atoms with Crippen molar-refractivity contribution in [2.75, 3.05) is 23.9 Å². The Morgan fingerprint density at radius 1 is 1.50 bits per heavy atom. The average Bonchev–Trinajstić information content (AvgIpc) is 2.29. The van der Waals surface area contributed by atoms with Gasteiger partial charge in [0.05, 0.1) is 5.69 Å². The van der Waals surface area contributed by atoms with Gasteiger partial charge >= 0.3 is 0 Å². The highest BCUT2D eigenvalue weighted by atomic mass is 35.5. The van der Waals surface area contributed by atoms with Gasteiger partial charge in [-0.05, 0) is 25.4 Å². The second-order valence-electron chi connectivity index (χ2n) is 4.54. The van der Waals surface area contributed by atoms with E-state index in [2.05, 4.69) is 15.3 Å². The minimum Gasteiger partial charge on any atom is -0.396 e. The van der Waals surface area contributed by atoms with Gasteiger partial charge in [0.15, 0.2) is 5.82 Å². The van der Waals surface area contributed by atoms with Crippen molar-refractivity contribution in [1.82, 2.24) is 9.97 Å². The first-order valence-electron chi connectivity index (χ1n) is 5.60. The number of halogens is 1. The van der Waals surface area contributed by atoms with Crippen molar-refractivity contribution in [1.29, 1.82) is 0 Å². The molecule has 18 heavy (non-hydrogen) atoms. The third kappa shape index (κ3) is 1.81. The largest absolute Gasteiger partial charge is 0.396 e. The molecule has 1 aliphatic heterocycles. The predicted molar refractivity (Wildman–Crippen MR) is 68.9 cm³/mol. The Bertz CT molecular complexity index is 508. The van der Waals surface area contributed by atoms with E-state index in [0.717, 1.165) is 0 Å². The number of hydrogen-bond acceptors (Lipinski definition) is 5. The summed E-state index contributed by atoms with van der Waals surface area (Å²) in [5.41, 5.74) is 0.352. The van der Waals surface area contributed by atoms with Gasteiger partial charge in [-0.15, -0.1) is 0 Å². The molecule has 0 spiro atoms. The third-order valence-electron chi connectivity index (χ3n) is 3.43. The highest BCUT2D eigenvalue weighted by Gasteiger charge is 2.43. The lowest BCUT2D eigenvalue weighted by atomic mass is 9.92. The Labute approximate surface area is 110 Å². The molecule has 0 fully saturated rings.